The van der Waals surface area contributed by atoms with Gasteiger partial charge in [0.05, 0.1) is 35.5 Å². The number of aromatic nitrogens is 4. The first-order valence-electron chi connectivity index (χ1n) is 12.5. The number of aliphatic hydroxyl groups excluding tert-OH is 1. The summed E-state index contributed by atoms with van der Waals surface area (Å²) in [4.78, 5) is 21.3. The van der Waals surface area contributed by atoms with Crippen LogP contribution in [0, 0.1) is 11.3 Å². The molecule has 3 aromatic heterocycles. The first kappa shape index (κ1) is 24.5. The molecule has 11 heteroatoms. The summed E-state index contributed by atoms with van der Waals surface area (Å²) in [5.41, 5.74) is 1.40. The van der Waals surface area contributed by atoms with E-state index in [-0.39, 0.29) is 18.4 Å². The average Bonchev–Trinajstić information content (AvgIpc) is 3.52. The fraction of sp³-hybridized carbons (Fsp3) is 0.286. The molecule has 4 heterocycles. The van der Waals surface area contributed by atoms with Crippen LogP contribution in [0.1, 0.15) is 60.2 Å². The van der Waals surface area contributed by atoms with E-state index in [1.807, 2.05) is 30.3 Å². The molecule has 1 atom stereocenters. The Morgan fingerprint density at radius 3 is 2.62 bits per heavy atom. The van der Waals surface area contributed by atoms with Crippen molar-refractivity contribution < 1.29 is 19.1 Å². The van der Waals surface area contributed by atoms with Gasteiger partial charge >= 0.3 is 5.97 Å². The maximum atomic E-state index is 12.1. The number of anilines is 3. The van der Waals surface area contributed by atoms with Gasteiger partial charge in [0.1, 0.15) is 28.3 Å². The molecule has 1 aliphatic carbocycles. The molecular weight excluding hydrogens is 498 g/mol. The van der Waals surface area contributed by atoms with Crippen molar-refractivity contribution in [1.82, 2.24) is 20.2 Å². The zero-order valence-electron chi connectivity index (χ0n) is 21.3. The van der Waals surface area contributed by atoms with Crippen LogP contribution < -0.4 is 10.6 Å². The van der Waals surface area contributed by atoms with Crippen molar-refractivity contribution in [2.24, 2.45) is 0 Å². The van der Waals surface area contributed by atoms with E-state index in [1.165, 1.54) is 0 Å². The van der Waals surface area contributed by atoms with Crippen molar-refractivity contribution in [3.63, 3.8) is 0 Å². The summed E-state index contributed by atoms with van der Waals surface area (Å²) in [5, 5.41) is 34.6. The van der Waals surface area contributed by atoms with Gasteiger partial charge in [-0.05, 0) is 44.4 Å². The van der Waals surface area contributed by atoms with E-state index in [4.69, 9.17) is 9.15 Å². The van der Waals surface area contributed by atoms with Crippen LogP contribution in [0.3, 0.4) is 0 Å². The third-order valence-corrected chi connectivity index (χ3v) is 6.94. The lowest BCUT2D eigenvalue weighted by Gasteiger charge is -2.20. The highest BCUT2D eigenvalue weighted by Crippen LogP contribution is 2.47. The maximum absolute atomic E-state index is 12.1. The average molecular weight is 524 g/mol. The molecule has 3 N–H and O–H groups in total. The van der Waals surface area contributed by atoms with Gasteiger partial charge in [-0.15, -0.1) is 10.2 Å². The maximum Gasteiger partial charge on any atom is 0.341 e. The van der Waals surface area contributed by atoms with Gasteiger partial charge in [0, 0.05) is 12.3 Å². The Hall–Kier alpha value is -4.82. The number of carbonyl (C=O) groups is 1. The molecule has 0 radical (unpaired) electrons. The van der Waals surface area contributed by atoms with Gasteiger partial charge in [0.2, 0.25) is 5.89 Å². The smallest absolute Gasteiger partial charge is 0.341 e. The number of benzene rings is 1. The summed E-state index contributed by atoms with van der Waals surface area (Å²) < 4.78 is 11.3. The number of nitrogens with zero attached hydrogens (tertiary/aromatic N) is 5. The fourth-order valence-corrected chi connectivity index (χ4v) is 4.56. The van der Waals surface area contributed by atoms with E-state index in [2.05, 4.69) is 36.9 Å². The lowest BCUT2D eigenvalue weighted by molar-refractivity contribution is 0.00834. The van der Waals surface area contributed by atoms with Gasteiger partial charge in [-0.3, -0.25) is 0 Å². The minimum atomic E-state index is -0.837. The molecule has 1 aromatic carbocycles. The number of rotatable bonds is 8. The van der Waals surface area contributed by atoms with Crippen LogP contribution in [0.4, 0.5) is 17.3 Å². The largest absolute Gasteiger partial charge is 0.449 e. The number of aliphatic hydroxyl groups is 1. The molecule has 0 spiro atoms. The van der Waals surface area contributed by atoms with Crippen molar-refractivity contribution >= 4 is 23.3 Å². The molecule has 0 amide bonds. The number of fused-ring (bicyclic) bond motifs is 1. The Balaban J connectivity index is 1.36. The van der Waals surface area contributed by atoms with Crippen molar-refractivity contribution in [3.05, 3.63) is 77.4 Å². The summed E-state index contributed by atoms with van der Waals surface area (Å²) in [6.07, 6.45) is 2.94. The van der Waals surface area contributed by atoms with E-state index in [0.29, 0.717) is 47.0 Å². The molecule has 39 heavy (non-hydrogen) atoms. The predicted octanol–water partition coefficient (Wildman–Crippen LogP) is 4.38. The lowest BCUT2D eigenvalue weighted by atomic mass is 10.0. The molecular formula is C28H25N7O4. The Labute approximate surface area is 223 Å². The summed E-state index contributed by atoms with van der Waals surface area (Å²) >= 11 is 0. The molecule has 2 aliphatic rings. The molecule has 0 unspecified atom stereocenters. The molecule has 0 saturated heterocycles. The molecule has 1 fully saturated rings. The second-order valence-electron chi connectivity index (χ2n) is 10.1. The fourth-order valence-electron chi connectivity index (χ4n) is 4.56. The summed E-state index contributed by atoms with van der Waals surface area (Å²) in [7, 11) is 0. The van der Waals surface area contributed by atoms with Crippen LogP contribution in [0.15, 0.2) is 59.1 Å². The zero-order chi connectivity index (χ0) is 27.2. The normalized spacial score (nSPS) is 17.0. The molecule has 4 aromatic rings. The first-order valence-corrected chi connectivity index (χ1v) is 12.5. The number of hydrogen-bond acceptors (Lipinski definition) is 11. The number of hydrogen-bond donors (Lipinski definition) is 3. The van der Waals surface area contributed by atoms with E-state index in [9.17, 15) is 15.2 Å². The topological polar surface area (TPSA) is 159 Å². The molecule has 11 nitrogen and oxygen atoms in total. The highest BCUT2D eigenvalue weighted by molar-refractivity contribution is 5.94. The van der Waals surface area contributed by atoms with Gasteiger partial charge in [0.25, 0.3) is 5.89 Å². The van der Waals surface area contributed by atoms with E-state index in [1.54, 1.807) is 38.2 Å². The Kier molecular flexibility index (Phi) is 5.77. The Bertz CT molecular complexity index is 1610. The van der Waals surface area contributed by atoms with Gasteiger partial charge in [-0.1, -0.05) is 30.3 Å². The minimum Gasteiger partial charge on any atom is -0.449 e. The van der Waals surface area contributed by atoms with E-state index in [0.717, 1.165) is 5.56 Å². The quantitative estimate of drug-likeness (QED) is 0.281. The Morgan fingerprint density at radius 1 is 1.10 bits per heavy atom. The van der Waals surface area contributed by atoms with Gasteiger partial charge < -0.3 is 24.9 Å². The second kappa shape index (κ2) is 9.18. The van der Waals surface area contributed by atoms with Crippen LogP contribution in [0.5, 0.6) is 0 Å². The van der Waals surface area contributed by atoms with Crippen LogP contribution in [-0.2, 0) is 15.8 Å². The molecule has 0 bridgehead atoms. The molecule has 196 valence electrons. The van der Waals surface area contributed by atoms with Gasteiger partial charge in [0.15, 0.2) is 0 Å². The van der Waals surface area contributed by atoms with Gasteiger partial charge in [-0.25, -0.2) is 14.8 Å². The van der Waals surface area contributed by atoms with E-state index >= 15 is 0 Å². The SMILES string of the molecule is CC1(C)OC(=O)c2ccc(Nc3cc(N[C@H](CO)c4ccccc4)c(-c4nnc(C5(C#N)CC5)o4)cn3)nc21. The second-order valence-corrected chi connectivity index (χ2v) is 10.1. The van der Waals surface area contributed by atoms with Gasteiger partial charge in [-0.2, -0.15) is 5.26 Å². The van der Waals surface area contributed by atoms with Crippen LogP contribution in [0.25, 0.3) is 11.5 Å². The first-order chi connectivity index (χ1) is 18.8. The summed E-state index contributed by atoms with van der Waals surface area (Å²) in [6.45, 7) is 3.41. The zero-order valence-corrected chi connectivity index (χ0v) is 21.3. The number of nitriles is 1. The third-order valence-electron chi connectivity index (χ3n) is 6.94. The van der Waals surface area contributed by atoms with Crippen molar-refractivity contribution in [2.45, 2.75) is 43.7 Å². The number of carbonyl (C=O) groups excluding carboxylic acids is 1. The molecule has 6 rings (SSSR count). The highest BCUT2D eigenvalue weighted by Gasteiger charge is 2.50. The number of ether oxygens (including phenoxy) is 1. The Morgan fingerprint density at radius 2 is 1.90 bits per heavy atom. The number of esters is 1. The molecule has 1 aliphatic heterocycles. The van der Waals surface area contributed by atoms with Crippen molar-refractivity contribution in [3.8, 4) is 17.5 Å². The summed E-state index contributed by atoms with van der Waals surface area (Å²) in [5.74, 6) is 1.04. The lowest BCUT2D eigenvalue weighted by Crippen LogP contribution is -2.18. The minimum absolute atomic E-state index is 0.170. The van der Waals surface area contributed by atoms with Crippen LogP contribution >= 0.6 is 0 Å². The van der Waals surface area contributed by atoms with Crippen LogP contribution in [-0.4, -0.2) is 37.8 Å². The van der Waals surface area contributed by atoms with Crippen molar-refractivity contribution in [1.29, 1.82) is 5.26 Å². The third kappa shape index (κ3) is 4.45. The van der Waals surface area contributed by atoms with E-state index < -0.39 is 23.0 Å². The number of cyclic esters (lactones) is 1. The standard InChI is InChI=1S/C28H25N7O4/c1-27(2)23-17(25(37)39-27)8-9-21(33-23)32-22-12-19(31-20(14-36)16-6-4-3-5-7-16)18(13-30-22)24-34-35-26(38-24)28(15-29)10-11-28/h3-9,12-13,20,36H,10-11,14H2,1-2H3,(H2,30,31,32,33)/t20-/m1/s1. The summed E-state index contributed by atoms with van der Waals surface area (Å²) in [6, 6.07) is 16.5. The molecule has 1 saturated carbocycles. The number of pyridine rings is 2. The predicted molar refractivity (Wildman–Crippen MR) is 140 cm³/mol. The monoisotopic (exact) mass is 523 g/mol. The highest BCUT2D eigenvalue weighted by atomic mass is 16.6. The van der Waals surface area contributed by atoms with Crippen LogP contribution in [0.2, 0.25) is 0 Å². The number of nitrogens with one attached hydrogen (secondary N) is 2. The van der Waals surface area contributed by atoms with Crippen molar-refractivity contribution in [2.75, 3.05) is 17.2 Å².